The van der Waals surface area contributed by atoms with Gasteiger partial charge in [-0.1, -0.05) is 0 Å². The molecule has 1 N–H and O–H groups in total. The molecule has 0 unspecified atom stereocenters. The minimum absolute atomic E-state index is 0.135. The van der Waals surface area contributed by atoms with Gasteiger partial charge in [-0.2, -0.15) is 11.3 Å². The monoisotopic (exact) mass is 364 g/mol. The van der Waals surface area contributed by atoms with Gasteiger partial charge < -0.3 is 14.8 Å². The van der Waals surface area contributed by atoms with Crippen molar-refractivity contribution in [3.05, 3.63) is 50.7 Å². The summed E-state index contributed by atoms with van der Waals surface area (Å²) < 4.78 is 9.95. The summed E-state index contributed by atoms with van der Waals surface area (Å²) in [4.78, 5) is 33.8. The highest BCUT2D eigenvalue weighted by atomic mass is 32.1. The van der Waals surface area contributed by atoms with E-state index in [-0.39, 0.29) is 23.5 Å². The maximum absolute atomic E-state index is 11.9. The molecule has 0 atom stereocenters. The van der Waals surface area contributed by atoms with E-state index in [1.54, 1.807) is 11.3 Å². The number of hydrogen-bond donors (Lipinski definition) is 1. The zero-order valence-electron chi connectivity index (χ0n) is 13.4. The number of nitro benzene ring substituents is 1. The Morgan fingerprint density at radius 3 is 2.76 bits per heavy atom. The zero-order chi connectivity index (χ0) is 18.2. The van der Waals surface area contributed by atoms with Gasteiger partial charge in [-0.25, -0.2) is 0 Å². The van der Waals surface area contributed by atoms with E-state index < -0.39 is 23.4 Å². The number of esters is 1. The van der Waals surface area contributed by atoms with Crippen LogP contribution in [0.1, 0.15) is 12.0 Å². The summed E-state index contributed by atoms with van der Waals surface area (Å²) in [6, 6.07) is 5.73. The van der Waals surface area contributed by atoms with E-state index in [4.69, 9.17) is 9.47 Å². The Balaban J connectivity index is 1.86. The lowest BCUT2D eigenvalue weighted by atomic mass is 10.2. The van der Waals surface area contributed by atoms with E-state index in [1.165, 1.54) is 25.3 Å². The van der Waals surface area contributed by atoms with Gasteiger partial charge in [0.2, 0.25) is 0 Å². The number of carbonyl (C=O) groups excluding carboxylic acids is 2. The van der Waals surface area contributed by atoms with Crippen molar-refractivity contribution in [3.63, 3.8) is 0 Å². The highest BCUT2D eigenvalue weighted by Gasteiger charge is 2.15. The Bertz CT molecular complexity index is 760. The third-order valence-electron chi connectivity index (χ3n) is 3.23. The Morgan fingerprint density at radius 2 is 2.12 bits per heavy atom. The molecule has 0 aliphatic rings. The van der Waals surface area contributed by atoms with Crippen LogP contribution in [-0.4, -0.2) is 30.5 Å². The molecule has 0 aliphatic carbocycles. The molecule has 0 bridgehead atoms. The van der Waals surface area contributed by atoms with Gasteiger partial charge in [-0.15, -0.1) is 0 Å². The van der Waals surface area contributed by atoms with E-state index in [2.05, 4.69) is 5.32 Å². The average Bonchev–Trinajstić information content (AvgIpc) is 3.11. The maximum Gasteiger partial charge on any atom is 0.306 e. The Hall–Kier alpha value is -2.94. The standard InChI is InChI=1S/C16H16N2O6S/c1-23-14-4-3-12(18(21)22)8-13(14)17-15(19)9-24-16(20)5-2-11-6-7-25-10-11/h3-4,6-8,10H,2,5,9H2,1H3,(H,17,19). The lowest BCUT2D eigenvalue weighted by molar-refractivity contribution is -0.384. The van der Waals surface area contributed by atoms with Crippen molar-refractivity contribution in [2.75, 3.05) is 19.0 Å². The molecule has 9 heteroatoms. The van der Waals surface area contributed by atoms with Crippen LogP contribution in [0.2, 0.25) is 0 Å². The molecular formula is C16H16N2O6S. The molecule has 0 saturated heterocycles. The van der Waals surface area contributed by atoms with Gasteiger partial charge in [0, 0.05) is 18.6 Å². The fourth-order valence-corrected chi connectivity index (χ4v) is 2.70. The summed E-state index contributed by atoms with van der Waals surface area (Å²) in [6.07, 6.45) is 0.715. The molecular weight excluding hydrogens is 348 g/mol. The van der Waals surface area contributed by atoms with Crippen LogP contribution in [0.3, 0.4) is 0 Å². The number of non-ortho nitro benzene ring substituents is 1. The van der Waals surface area contributed by atoms with Crippen molar-refractivity contribution >= 4 is 34.6 Å². The minimum Gasteiger partial charge on any atom is -0.495 e. The van der Waals surface area contributed by atoms with Gasteiger partial charge in [0.25, 0.3) is 11.6 Å². The fraction of sp³-hybridized carbons (Fsp3) is 0.250. The van der Waals surface area contributed by atoms with Crippen LogP contribution in [-0.2, 0) is 20.7 Å². The second-order valence-electron chi connectivity index (χ2n) is 4.98. The molecule has 1 aromatic carbocycles. The van der Waals surface area contributed by atoms with Crippen LogP contribution in [0.15, 0.2) is 35.0 Å². The SMILES string of the molecule is COc1ccc([N+](=O)[O-])cc1NC(=O)COC(=O)CCc1ccsc1. The fourth-order valence-electron chi connectivity index (χ4n) is 1.99. The van der Waals surface area contributed by atoms with E-state index in [9.17, 15) is 19.7 Å². The summed E-state index contributed by atoms with van der Waals surface area (Å²) in [7, 11) is 1.38. The number of thiophene rings is 1. The molecule has 0 aliphatic heterocycles. The predicted octanol–water partition coefficient (Wildman–Crippen LogP) is 2.78. The number of nitro groups is 1. The molecule has 0 spiro atoms. The lowest BCUT2D eigenvalue weighted by Crippen LogP contribution is -2.21. The summed E-state index contributed by atoms with van der Waals surface area (Å²) in [5.41, 5.74) is 0.979. The van der Waals surface area contributed by atoms with Crippen molar-refractivity contribution in [1.82, 2.24) is 0 Å². The number of rotatable bonds is 8. The third kappa shape index (κ3) is 5.57. The highest BCUT2D eigenvalue weighted by molar-refractivity contribution is 7.07. The van der Waals surface area contributed by atoms with E-state index in [1.807, 2.05) is 16.8 Å². The molecule has 2 aromatic rings. The number of anilines is 1. The molecule has 1 heterocycles. The van der Waals surface area contributed by atoms with Crippen LogP contribution in [0.5, 0.6) is 5.75 Å². The Kier molecular flexibility index (Phi) is 6.47. The number of methoxy groups -OCH3 is 1. The first kappa shape index (κ1) is 18.4. The number of benzene rings is 1. The number of nitrogens with zero attached hydrogens (tertiary/aromatic N) is 1. The third-order valence-corrected chi connectivity index (χ3v) is 3.96. The number of hydrogen-bond acceptors (Lipinski definition) is 7. The quantitative estimate of drug-likeness (QED) is 0.438. The summed E-state index contributed by atoms with van der Waals surface area (Å²) in [5.74, 6) is -0.835. The molecule has 0 fully saturated rings. The van der Waals surface area contributed by atoms with Gasteiger partial charge in [0.1, 0.15) is 5.75 Å². The second-order valence-corrected chi connectivity index (χ2v) is 5.76. The topological polar surface area (TPSA) is 108 Å². The molecule has 1 aromatic heterocycles. The predicted molar refractivity (Wildman–Crippen MR) is 91.9 cm³/mol. The van der Waals surface area contributed by atoms with Gasteiger partial charge in [-0.3, -0.25) is 19.7 Å². The molecule has 1 amide bonds. The van der Waals surface area contributed by atoms with Crippen LogP contribution < -0.4 is 10.1 Å². The molecule has 25 heavy (non-hydrogen) atoms. The zero-order valence-corrected chi connectivity index (χ0v) is 14.2. The Morgan fingerprint density at radius 1 is 1.32 bits per heavy atom. The molecule has 0 saturated carbocycles. The number of carbonyl (C=O) groups is 2. The lowest BCUT2D eigenvalue weighted by Gasteiger charge is -2.10. The average molecular weight is 364 g/mol. The first-order chi connectivity index (χ1) is 12.0. The van der Waals surface area contributed by atoms with Crippen molar-refractivity contribution < 1.29 is 24.0 Å². The number of amides is 1. The first-order valence-electron chi connectivity index (χ1n) is 7.28. The molecule has 8 nitrogen and oxygen atoms in total. The summed E-state index contributed by atoms with van der Waals surface area (Å²) >= 11 is 1.54. The molecule has 2 rings (SSSR count). The normalized spacial score (nSPS) is 10.1. The van der Waals surface area contributed by atoms with Crippen molar-refractivity contribution in [3.8, 4) is 5.75 Å². The van der Waals surface area contributed by atoms with E-state index in [0.29, 0.717) is 6.42 Å². The van der Waals surface area contributed by atoms with Crippen LogP contribution in [0.4, 0.5) is 11.4 Å². The second kappa shape index (κ2) is 8.78. The van der Waals surface area contributed by atoms with Crippen molar-refractivity contribution in [2.45, 2.75) is 12.8 Å². The van der Waals surface area contributed by atoms with E-state index >= 15 is 0 Å². The van der Waals surface area contributed by atoms with Gasteiger partial charge in [0.15, 0.2) is 6.61 Å². The molecule has 132 valence electrons. The minimum atomic E-state index is -0.609. The van der Waals surface area contributed by atoms with Crippen LogP contribution >= 0.6 is 11.3 Å². The van der Waals surface area contributed by atoms with Crippen molar-refractivity contribution in [2.24, 2.45) is 0 Å². The summed E-state index contributed by atoms with van der Waals surface area (Å²) in [5, 5.41) is 17.1. The van der Waals surface area contributed by atoms with Gasteiger partial charge in [-0.05, 0) is 34.9 Å². The van der Waals surface area contributed by atoms with Crippen molar-refractivity contribution in [1.29, 1.82) is 0 Å². The number of ether oxygens (including phenoxy) is 2. The first-order valence-corrected chi connectivity index (χ1v) is 8.23. The largest absolute Gasteiger partial charge is 0.495 e. The van der Waals surface area contributed by atoms with Gasteiger partial charge in [0.05, 0.1) is 17.7 Å². The number of nitrogens with one attached hydrogen (secondary N) is 1. The van der Waals surface area contributed by atoms with E-state index in [0.717, 1.165) is 5.56 Å². The Labute approximate surface area is 147 Å². The summed E-state index contributed by atoms with van der Waals surface area (Å²) in [6.45, 7) is -0.478. The van der Waals surface area contributed by atoms with Gasteiger partial charge >= 0.3 is 5.97 Å². The molecule has 0 radical (unpaired) electrons. The number of aryl methyl sites for hydroxylation is 1. The maximum atomic E-state index is 11.9. The highest BCUT2D eigenvalue weighted by Crippen LogP contribution is 2.28. The van der Waals surface area contributed by atoms with Crippen LogP contribution in [0, 0.1) is 10.1 Å². The van der Waals surface area contributed by atoms with Crippen LogP contribution in [0.25, 0.3) is 0 Å². The smallest absolute Gasteiger partial charge is 0.306 e.